The second-order valence-corrected chi connectivity index (χ2v) is 6.71. The molecule has 3 N–H and O–H groups in total. The summed E-state index contributed by atoms with van der Waals surface area (Å²) in [5.41, 5.74) is 5.15. The number of carbonyl (C=O) groups excluding carboxylic acids is 2. The molecule has 1 amide bonds. The maximum absolute atomic E-state index is 11.5. The fourth-order valence-corrected chi connectivity index (χ4v) is 2.52. The van der Waals surface area contributed by atoms with Gasteiger partial charge in [0.25, 0.3) is 0 Å². The maximum atomic E-state index is 11.5. The maximum Gasteiger partial charge on any atom is 0.306 e. The van der Waals surface area contributed by atoms with Gasteiger partial charge in [-0.25, -0.2) is 0 Å². The van der Waals surface area contributed by atoms with Crippen molar-refractivity contribution in [3.63, 3.8) is 0 Å². The first-order valence-corrected chi connectivity index (χ1v) is 8.73. The van der Waals surface area contributed by atoms with E-state index in [0.29, 0.717) is 23.8 Å². The van der Waals surface area contributed by atoms with Crippen LogP contribution in [0.25, 0.3) is 0 Å². The van der Waals surface area contributed by atoms with Crippen LogP contribution >= 0.6 is 11.8 Å². The van der Waals surface area contributed by atoms with Gasteiger partial charge >= 0.3 is 5.97 Å². The Labute approximate surface area is 132 Å². The summed E-state index contributed by atoms with van der Waals surface area (Å²) in [4.78, 5) is 22.3. The lowest BCUT2D eigenvalue weighted by Gasteiger charge is -2.14. The Balaban J connectivity index is 3.59. The summed E-state index contributed by atoms with van der Waals surface area (Å²) in [5.74, 6) is 0.971. The van der Waals surface area contributed by atoms with Gasteiger partial charge < -0.3 is 15.6 Å². The minimum Gasteiger partial charge on any atom is -0.463 e. The molecule has 0 saturated heterocycles. The normalized spacial score (nSPS) is 15.2. The zero-order valence-corrected chi connectivity index (χ0v) is 14.2. The Kier molecular flexibility index (Phi) is 11.4. The molecule has 0 spiro atoms. The Hall–Kier alpha value is -0.750. The molecular formula is C15H29NO4S. The van der Waals surface area contributed by atoms with Crippen LogP contribution in [0.2, 0.25) is 0 Å². The highest BCUT2D eigenvalue weighted by Crippen LogP contribution is 2.12. The zero-order chi connectivity index (χ0) is 16.3. The minimum absolute atomic E-state index is 0.0671. The van der Waals surface area contributed by atoms with E-state index in [2.05, 4.69) is 13.8 Å². The summed E-state index contributed by atoms with van der Waals surface area (Å²) in [6, 6.07) is 0. The summed E-state index contributed by atoms with van der Waals surface area (Å²) < 4.78 is 5.03. The molecule has 124 valence electrons. The van der Waals surface area contributed by atoms with E-state index < -0.39 is 6.10 Å². The van der Waals surface area contributed by atoms with E-state index in [9.17, 15) is 14.7 Å². The fraction of sp³-hybridized carbons (Fsp3) is 0.867. The molecule has 0 fully saturated rings. The van der Waals surface area contributed by atoms with Crippen LogP contribution < -0.4 is 5.73 Å². The molecule has 0 aromatic rings. The Morgan fingerprint density at radius 2 is 1.95 bits per heavy atom. The predicted molar refractivity (Wildman–Crippen MR) is 86.0 cm³/mol. The van der Waals surface area contributed by atoms with E-state index in [4.69, 9.17) is 10.5 Å². The smallest absolute Gasteiger partial charge is 0.306 e. The van der Waals surface area contributed by atoms with Crippen molar-refractivity contribution in [2.75, 3.05) is 18.1 Å². The number of aliphatic hydroxyl groups excluding tert-OH is 1. The molecule has 3 atom stereocenters. The average Bonchev–Trinajstić information content (AvgIpc) is 2.46. The molecule has 0 rings (SSSR count). The highest BCUT2D eigenvalue weighted by molar-refractivity contribution is 7.99. The van der Waals surface area contributed by atoms with Gasteiger partial charge in [0.1, 0.15) is 6.61 Å². The third kappa shape index (κ3) is 11.6. The molecule has 6 heteroatoms. The first kappa shape index (κ1) is 20.2. The van der Waals surface area contributed by atoms with Crippen molar-refractivity contribution in [3.05, 3.63) is 0 Å². The van der Waals surface area contributed by atoms with Gasteiger partial charge in [0.2, 0.25) is 5.91 Å². The Morgan fingerprint density at radius 3 is 2.52 bits per heavy atom. The van der Waals surface area contributed by atoms with Crippen LogP contribution in [0.3, 0.4) is 0 Å². The number of primary amides is 1. The lowest BCUT2D eigenvalue weighted by molar-refractivity contribution is -0.146. The van der Waals surface area contributed by atoms with Gasteiger partial charge in [-0.15, -0.1) is 0 Å². The summed E-state index contributed by atoms with van der Waals surface area (Å²) in [7, 11) is 0. The van der Waals surface area contributed by atoms with Gasteiger partial charge in [-0.1, -0.05) is 27.2 Å². The van der Waals surface area contributed by atoms with E-state index in [1.54, 1.807) is 6.92 Å². The molecule has 3 unspecified atom stereocenters. The predicted octanol–water partition coefficient (Wildman–Crippen LogP) is 1.96. The van der Waals surface area contributed by atoms with Gasteiger partial charge in [-0.05, 0) is 18.8 Å². The van der Waals surface area contributed by atoms with E-state index in [0.717, 1.165) is 12.8 Å². The van der Waals surface area contributed by atoms with Crippen molar-refractivity contribution in [3.8, 4) is 0 Å². The number of amides is 1. The van der Waals surface area contributed by atoms with Crippen LogP contribution in [0, 0.1) is 11.8 Å². The summed E-state index contributed by atoms with van der Waals surface area (Å²) in [6.45, 7) is 6.09. The molecule has 0 aliphatic heterocycles. The number of carbonyl (C=O) groups is 2. The quantitative estimate of drug-likeness (QED) is 0.424. The van der Waals surface area contributed by atoms with Gasteiger partial charge in [0.05, 0.1) is 12.5 Å². The minimum atomic E-state index is -0.578. The molecule has 0 aromatic carbocycles. The first-order valence-electron chi connectivity index (χ1n) is 7.57. The van der Waals surface area contributed by atoms with Crippen molar-refractivity contribution >= 4 is 23.6 Å². The SMILES string of the molecule is CCC(C)CCC(O)COC(=O)CCSCC(C)C(N)=O. The molecule has 0 radical (unpaired) electrons. The van der Waals surface area contributed by atoms with Crippen molar-refractivity contribution in [2.24, 2.45) is 17.6 Å². The van der Waals surface area contributed by atoms with Crippen molar-refractivity contribution in [1.82, 2.24) is 0 Å². The van der Waals surface area contributed by atoms with E-state index in [1.165, 1.54) is 11.8 Å². The van der Waals surface area contributed by atoms with E-state index in [-0.39, 0.29) is 30.8 Å². The second-order valence-electron chi connectivity index (χ2n) is 5.56. The van der Waals surface area contributed by atoms with Gasteiger partial charge in [-0.2, -0.15) is 11.8 Å². The number of aliphatic hydroxyl groups is 1. The number of hydrogen-bond acceptors (Lipinski definition) is 5. The molecule has 0 bridgehead atoms. The summed E-state index contributed by atoms with van der Waals surface area (Å²) in [6.07, 6.45) is 2.40. The second kappa shape index (κ2) is 11.9. The van der Waals surface area contributed by atoms with Crippen molar-refractivity contribution in [1.29, 1.82) is 0 Å². The van der Waals surface area contributed by atoms with Gasteiger partial charge in [-0.3, -0.25) is 9.59 Å². The number of esters is 1. The molecule has 21 heavy (non-hydrogen) atoms. The lowest BCUT2D eigenvalue weighted by atomic mass is 10.0. The lowest BCUT2D eigenvalue weighted by Crippen LogP contribution is -2.22. The molecule has 0 saturated carbocycles. The Morgan fingerprint density at radius 1 is 1.29 bits per heavy atom. The third-order valence-electron chi connectivity index (χ3n) is 3.43. The molecule has 0 heterocycles. The highest BCUT2D eigenvalue weighted by Gasteiger charge is 2.12. The third-order valence-corrected chi connectivity index (χ3v) is 4.66. The molecular weight excluding hydrogens is 290 g/mol. The topological polar surface area (TPSA) is 89.6 Å². The van der Waals surface area contributed by atoms with E-state index in [1.807, 2.05) is 0 Å². The number of hydrogen-bond donors (Lipinski definition) is 2. The first-order chi connectivity index (χ1) is 9.86. The summed E-state index contributed by atoms with van der Waals surface area (Å²) in [5, 5.41) is 9.71. The number of thioether (sulfide) groups is 1. The van der Waals surface area contributed by atoms with Crippen molar-refractivity contribution in [2.45, 2.75) is 52.6 Å². The van der Waals surface area contributed by atoms with Crippen LogP contribution in [0.1, 0.15) is 46.5 Å². The highest BCUT2D eigenvalue weighted by atomic mass is 32.2. The Bertz CT molecular complexity index is 312. The molecule has 0 aromatic heterocycles. The van der Waals surface area contributed by atoms with E-state index >= 15 is 0 Å². The fourth-order valence-electron chi connectivity index (χ4n) is 1.52. The molecule has 5 nitrogen and oxygen atoms in total. The van der Waals surface area contributed by atoms with Crippen LogP contribution in [0.5, 0.6) is 0 Å². The molecule has 0 aliphatic carbocycles. The van der Waals surface area contributed by atoms with Crippen molar-refractivity contribution < 1.29 is 19.4 Å². The number of rotatable bonds is 12. The zero-order valence-electron chi connectivity index (χ0n) is 13.3. The average molecular weight is 319 g/mol. The van der Waals surface area contributed by atoms with Gasteiger partial charge in [0, 0.05) is 17.4 Å². The monoisotopic (exact) mass is 319 g/mol. The van der Waals surface area contributed by atoms with Crippen LogP contribution in [0.4, 0.5) is 0 Å². The summed E-state index contributed by atoms with van der Waals surface area (Å²) >= 11 is 1.51. The van der Waals surface area contributed by atoms with Crippen LogP contribution in [-0.4, -0.2) is 41.2 Å². The van der Waals surface area contributed by atoms with Crippen LogP contribution in [0.15, 0.2) is 0 Å². The standard InChI is InChI=1S/C15H29NO4S/c1-4-11(2)5-6-13(17)9-20-14(18)7-8-21-10-12(3)15(16)19/h11-13,17H,4-10H2,1-3H3,(H2,16,19). The number of ether oxygens (including phenoxy) is 1. The van der Waals surface area contributed by atoms with Gasteiger partial charge in [0.15, 0.2) is 0 Å². The largest absolute Gasteiger partial charge is 0.463 e. The van der Waals surface area contributed by atoms with Crippen LogP contribution in [-0.2, 0) is 14.3 Å². The number of nitrogens with two attached hydrogens (primary N) is 1. The molecule has 0 aliphatic rings.